The largest absolute Gasteiger partial charge is 0.357 e. The van der Waals surface area contributed by atoms with Gasteiger partial charge in [0.05, 0.1) is 11.6 Å². The number of hydrogen-bond donors (Lipinski definition) is 1. The van der Waals surface area contributed by atoms with Crippen molar-refractivity contribution >= 4 is 17.4 Å². The first-order chi connectivity index (χ1) is 6.90. The molecule has 70 valence electrons. The zero-order chi connectivity index (χ0) is 9.80. The van der Waals surface area contributed by atoms with Gasteiger partial charge in [-0.05, 0) is 12.1 Å². The number of para-hydroxylation sites is 1. The highest BCUT2D eigenvalue weighted by atomic mass is 32.2. The van der Waals surface area contributed by atoms with Crippen molar-refractivity contribution in [1.29, 1.82) is 5.26 Å². The monoisotopic (exact) mass is 202 g/mol. The minimum Gasteiger partial charge on any atom is -0.357 e. The van der Waals surface area contributed by atoms with Crippen LogP contribution >= 0.6 is 11.8 Å². The maximum absolute atomic E-state index is 8.85. The first-order valence-electron chi connectivity index (χ1n) is 4.42. The van der Waals surface area contributed by atoms with Crippen molar-refractivity contribution in [3.05, 3.63) is 41.6 Å². The molecule has 2 nitrogen and oxygen atoms in total. The van der Waals surface area contributed by atoms with Gasteiger partial charge in [-0.25, -0.2) is 0 Å². The van der Waals surface area contributed by atoms with Crippen molar-refractivity contribution in [3.8, 4) is 6.07 Å². The van der Waals surface area contributed by atoms with Crippen LogP contribution in [0.2, 0.25) is 0 Å². The summed E-state index contributed by atoms with van der Waals surface area (Å²) >= 11 is 1.78. The number of nitrogens with one attached hydrogen (secondary N) is 1. The number of hydrogen-bond acceptors (Lipinski definition) is 3. The topological polar surface area (TPSA) is 35.8 Å². The molecule has 1 aliphatic rings. The summed E-state index contributed by atoms with van der Waals surface area (Å²) in [5, 5.41) is 12.1. The normalized spacial score (nSPS) is 15.4. The van der Waals surface area contributed by atoms with E-state index in [2.05, 4.69) is 11.4 Å². The van der Waals surface area contributed by atoms with Gasteiger partial charge >= 0.3 is 0 Å². The molecule has 0 spiro atoms. The molecule has 14 heavy (non-hydrogen) atoms. The van der Waals surface area contributed by atoms with Crippen LogP contribution in [0.3, 0.4) is 0 Å². The molecule has 1 aliphatic heterocycles. The fourth-order valence-corrected chi connectivity index (χ4v) is 2.33. The Morgan fingerprint density at radius 2 is 2.00 bits per heavy atom. The third-order valence-electron chi connectivity index (χ3n) is 2.06. The van der Waals surface area contributed by atoms with E-state index in [9.17, 15) is 0 Å². The number of benzene rings is 1. The first-order valence-corrected chi connectivity index (χ1v) is 5.57. The molecule has 1 aromatic carbocycles. The van der Waals surface area contributed by atoms with E-state index in [1.807, 2.05) is 30.3 Å². The second-order valence-electron chi connectivity index (χ2n) is 3.05. The molecule has 1 N–H and O–H groups in total. The summed E-state index contributed by atoms with van der Waals surface area (Å²) in [7, 11) is 0. The van der Waals surface area contributed by atoms with E-state index in [-0.39, 0.29) is 0 Å². The van der Waals surface area contributed by atoms with Crippen LogP contribution < -0.4 is 5.32 Å². The van der Waals surface area contributed by atoms with E-state index >= 15 is 0 Å². The predicted octanol–water partition coefficient (Wildman–Crippen LogP) is 2.62. The SMILES string of the molecule is N#CC1=C(Nc2ccccc2)CSC1. The van der Waals surface area contributed by atoms with Gasteiger partial charge in [-0.2, -0.15) is 5.26 Å². The highest BCUT2D eigenvalue weighted by Gasteiger charge is 2.14. The molecule has 0 radical (unpaired) electrons. The van der Waals surface area contributed by atoms with Crippen molar-refractivity contribution in [1.82, 2.24) is 0 Å². The lowest BCUT2D eigenvalue weighted by molar-refractivity contribution is 1.34. The Morgan fingerprint density at radius 3 is 2.71 bits per heavy atom. The Morgan fingerprint density at radius 1 is 1.21 bits per heavy atom. The van der Waals surface area contributed by atoms with Crippen molar-refractivity contribution in [2.24, 2.45) is 0 Å². The lowest BCUT2D eigenvalue weighted by atomic mass is 10.2. The van der Waals surface area contributed by atoms with Crippen LogP contribution in [0.1, 0.15) is 0 Å². The van der Waals surface area contributed by atoms with Gasteiger partial charge in [-0.3, -0.25) is 0 Å². The van der Waals surface area contributed by atoms with E-state index in [1.165, 1.54) is 0 Å². The molecule has 1 aromatic rings. The smallest absolute Gasteiger partial charge is 0.0974 e. The van der Waals surface area contributed by atoms with Gasteiger partial charge in [-0.15, -0.1) is 11.8 Å². The van der Waals surface area contributed by atoms with Crippen LogP contribution in [0.5, 0.6) is 0 Å². The summed E-state index contributed by atoms with van der Waals surface area (Å²) in [6, 6.07) is 12.2. The molecular weight excluding hydrogens is 192 g/mol. The molecule has 0 aliphatic carbocycles. The average Bonchev–Trinajstić information content (AvgIpc) is 2.67. The maximum Gasteiger partial charge on any atom is 0.0974 e. The van der Waals surface area contributed by atoms with Crippen molar-refractivity contribution in [2.45, 2.75) is 0 Å². The molecule has 1 heterocycles. The highest BCUT2D eigenvalue weighted by Crippen LogP contribution is 2.25. The van der Waals surface area contributed by atoms with Gasteiger partial charge in [0.2, 0.25) is 0 Å². The van der Waals surface area contributed by atoms with E-state index in [1.54, 1.807) is 11.8 Å². The first kappa shape index (κ1) is 9.17. The van der Waals surface area contributed by atoms with Gasteiger partial charge in [0.15, 0.2) is 0 Å². The fourth-order valence-electron chi connectivity index (χ4n) is 1.34. The second kappa shape index (κ2) is 4.21. The van der Waals surface area contributed by atoms with Gasteiger partial charge in [-0.1, -0.05) is 18.2 Å². The molecule has 0 aromatic heterocycles. The summed E-state index contributed by atoms with van der Waals surface area (Å²) < 4.78 is 0. The number of nitrogens with zero attached hydrogens (tertiary/aromatic N) is 1. The quantitative estimate of drug-likeness (QED) is 0.800. The van der Waals surface area contributed by atoms with Crippen LogP contribution in [0.15, 0.2) is 41.6 Å². The van der Waals surface area contributed by atoms with Crippen LogP contribution in [-0.2, 0) is 0 Å². The van der Waals surface area contributed by atoms with Crippen LogP contribution in [0, 0.1) is 11.3 Å². The van der Waals surface area contributed by atoms with Crippen LogP contribution in [0.4, 0.5) is 5.69 Å². The minimum atomic E-state index is 0.839. The Bertz CT molecular complexity index is 389. The third-order valence-corrected chi connectivity index (χ3v) is 3.05. The van der Waals surface area contributed by atoms with E-state index in [0.717, 1.165) is 28.5 Å². The number of anilines is 1. The van der Waals surface area contributed by atoms with Gasteiger partial charge in [0.25, 0.3) is 0 Å². The van der Waals surface area contributed by atoms with E-state index < -0.39 is 0 Å². The molecule has 0 saturated carbocycles. The lowest BCUT2D eigenvalue weighted by Crippen LogP contribution is -2.01. The van der Waals surface area contributed by atoms with E-state index in [4.69, 9.17) is 5.26 Å². The Hall–Kier alpha value is -1.40. The number of nitriles is 1. The zero-order valence-electron chi connectivity index (χ0n) is 7.66. The minimum absolute atomic E-state index is 0.839. The number of thioether (sulfide) groups is 1. The Kier molecular flexibility index (Phi) is 2.76. The summed E-state index contributed by atoms with van der Waals surface area (Å²) in [4.78, 5) is 0. The summed E-state index contributed by atoms with van der Waals surface area (Å²) in [6.07, 6.45) is 0. The molecular formula is C11H10N2S. The Labute approximate surface area is 87.6 Å². The summed E-state index contributed by atoms with van der Waals surface area (Å²) in [6.45, 7) is 0. The lowest BCUT2D eigenvalue weighted by Gasteiger charge is -2.06. The van der Waals surface area contributed by atoms with Gasteiger partial charge in [0, 0.05) is 22.9 Å². The molecule has 2 rings (SSSR count). The molecule has 0 atom stereocenters. The highest BCUT2D eigenvalue weighted by molar-refractivity contribution is 7.99. The van der Waals surface area contributed by atoms with Crippen LogP contribution in [-0.4, -0.2) is 11.5 Å². The van der Waals surface area contributed by atoms with Crippen LogP contribution in [0.25, 0.3) is 0 Å². The predicted molar refractivity (Wildman–Crippen MR) is 60.0 cm³/mol. The maximum atomic E-state index is 8.85. The molecule has 0 saturated heterocycles. The fraction of sp³-hybridized carbons (Fsp3) is 0.182. The average molecular weight is 202 g/mol. The van der Waals surface area contributed by atoms with E-state index in [0.29, 0.717) is 0 Å². The van der Waals surface area contributed by atoms with Gasteiger partial charge < -0.3 is 5.32 Å². The van der Waals surface area contributed by atoms with Crippen molar-refractivity contribution in [3.63, 3.8) is 0 Å². The number of rotatable bonds is 2. The molecule has 3 heteroatoms. The van der Waals surface area contributed by atoms with Crippen molar-refractivity contribution < 1.29 is 0 Å². The zero-order valence-corrected chi connectivity index (χ0v) is 8.47. The Balaban J connectivity index is 2.16. The third kappa shape index (κ3) is 1.91. The molecule has 0 fully saturated rings. The standard InChI is InChI=1S/C11H10N2S/c12-6-9-7-14-8-11(9)13-10-4-2-1-3-5-10/h1-5,13H,7-8H2. The summed E-state index contributed by atoms with van der Waals surface area (Å²) in [5.74, 6) is 1.75. The molecule has 0 bridgehead atoms. The van der Waals surface area contributed by atoms with Crippen molar-refractivity contribution in [2.75, 3.05) is 16.8 Å². The second-order valence-corrected chi connectivity index (χ2v) is 4.04. The molecule has 0 amide bonds. The molecule has 0 unspecified atom stereocenters. The summed E-state index contributed by atoms with van der Waals surface area (Å²) in [5.41, 5.74) is 2.99. The van der Waals surface area contributed by atoms with Gasteiger partial charge in [0.1, 0.15) is 0 Å².